The van der Waals surface area contributed by atoms with Gasteiger partial charge in [0.25, 0.3) is 0 Å². The number of benzene rings is 2. The lowest BCUT2D eigenvalue weighted by Crippen LogP contribution is -2.41. The molecule has 0 fully saturated rings. The molecular weight excluding hydrogens is 525 g/mol. The Morgan fingerprint density at radius 3 is 2.05 bits per heavy atom. The largest absolute Gasteiger partial charge is 0.417 e. The fourth-order valence-electron chi connectivity index (χ4n) is 3.99. The Hall–Kier alpha value is -2.60. The standard InChI is InChI=1S/C25H27F7N2O2S/c1-14(2)37(35,36)33-22(25(30,31)32)18-12-34(13-23(3,4)5)21-11-16(20(26)10-17(18)21)15-8-6-7-9-19(15)24(27,28)29/h6-12,14,22,33H,13H2,1-5H3/t22-/m0/s1. The van der Waals surface area contributed by atoms with Crippen molar-refractivity contribution in [1.82, 2.24) is 9.29 Å². The Kier molecular flexibility index (Phi) is 7.52. The van der Waals surface area contributed by atoms with E-state index in [2.05, 4.69) is 0 Å². The Bertz CT molecular complexity index is 1400. The number of nitrogens with zero attached hydrogens (tertiary/aromatic N) is 1. The fraction of sp³-hybridized carbons (Fsp3) is 0.440. The van der Waals surface area contributed by atoms with E-state index in [1.807, 2.05) is 0 Å². The zero-order chi connectivity index (χ0) is 28.1. The van der Waals surface area contributed by atoms with E-state index in [1.54, 1.807) is 25.5 Å². The minimum Gasteiger partial charge on any atom is -0.347 e. The molecule has 0 unspecified atom stereocenters. The molecule has 0 saturated heterocycles. The number of rotatable bonds is 6. The van der Waals surface area contributed by atoms with Gasteiger partial charge in [-0.25, -0.2) is 12.8 Å². The van der Waals surface area contributed by atoms with Crippen LogP contribution >= 0.6 is 0 Å². The quantitative estimate of drug-likeness (QED) is 0.323. The Morgan fingerprint density at radius 2 is 1.54 bits per heavy atom. The van der Waals surface area contributed by atoms with Crippen molar-refractivity contribution in [3.05, 3.63) is 59.5 Å². The molecule has 0 saturated carbocycles. The van der Waals surface area contributed by atoms with Gasteiger partial charge in [-0.1, -0.05) is 39.0 Å². The van der Waals surface area contributed by atoms with Gasteiger partial charge in [0.1, 0.15) is 11.9 Å². The molecule has 37 heavy (non-hydrogen) atoms. The third kappa shape index (κ3) is 6.28. The monoisotopic (exact) mass is 552 g/mol. The molecule has 2 aromatic carbocycles. The summed E-state index contributed by atoms with van der Waals surface area (Å²) in [5.41, 5.74) is -3.01. The SMILES string of the molecule is CC(C)S(=O)(=O)N[C@@H](c1cn(CC(C)(C)C)c2cc(-c3ccccc3C(F)(F)F)c(F)cc12)C(F)(F)F. The molecule has 0 spiro atoms. The van der Waals surface area contributed by atoms with Gasteiger partial charge in [0.05, 0.1) is 10.8 Å². The summed E-state index contributed by atoms with van der Waals surface area (Å²) in [5.74, 6) is -1.17. The minimum atomic E-state index is -5.08. The molecule has 0 aliphatic rings. The molecule has 0 radical (unpaired) electrons. The van der Waals surface area contributed by atoms with E-state index in [0.717, 1.165) is 36.5 Å². The van der Waals surface area contributed by atoms with Crippen molar-refractivity contribution in [2.45, 2.75) is 64.8 Å². The van der Waals surface area contributed by atoms with E-state index in [-0.39, 0.29) is 17.4 Å². The first-order valence-electron chi connectivity index (χ1n) is 11.3. The molecule has 0 aliphatic heterocycles. The van der Waals surface area contributed by atoms with Gasteiger partial charge in [-0.15, -0.1) is 0 Å². The van der Waals surface area contributed by atoms with Crippen molar-refractivity contribution in [2.75, 3.05) is 0 Å². The lowest BCUT2D eigenvalue weighted by atomic mass is 9.95. The van der Waals surface area contributed by atoms with E-state index in [0.29, 0.717) is 0 Å². The number of nitrogens with one attached hydrogen (secondary N) is 1. The van der Waals surface area contributed by atoms with Gasteiger partial charge in [-0.05, 0) is 43.0 Å². The average Bonchev–Trinajstić information content (AvgIpc) is 3.05. The summed E-state index contributed by atoms with van der Waals surface area (Å²) in [6.45, 7) is 7.93. The number of hydrogen-bond acceptors (Lipinski definition) is 2. The molecule has 0 amide bonds. The first kappa shape index (κ1) is 29.0. The second-order valence-corrected chi connectivity index (χ2v) is 12.6. The highest BCUT2D eigenvalue weighted by molar-refractivity contribution is 7.90. The average molecular weight is 553 g/mol. The van der Waals surface area contributed by atoms with Gasteiger partial charge < -0.3 is 4.57 Å². The van der Waals surface area contributed by atoms with Crippen LogP contribution in [-0.2, 0) is 22.7 Å². The summed E-state index contributed by atoms with van der Waals surface area (Å²) in [7, 11) is -4.40. The van der Waals surface area contributed by atoms with Crippen LogP contribution in [-0.4, -0.2) is 24.4 Å². The van der Waals surface area contributed by atoms with Crippen molar-refractivity contribution in [1.29, 1.82) is 0 Å². The summed E-state index contributed by atoms with van der Waals surface area (Å²) in [6.07, 6.45) is -8.80. The third-order valence-corrected chi connectivity index (χ3v) is 7.51. The van der Waals surface area contributed by atoms with Crippen molar-refractivity contribution in [3.8, 4) is 11.1 Å². The second kappa shape index (κ2) is 9.61. The summed E-state index contributed by atoms with van der Waals surface area (Å²) in [5, 5.41) is -1.44. The van der Waals surface area contributed by atoms with Crippen LogP contribution in [0, 0.1) is 11.2 Å². The van der Waals surface area contributed by atoms with Crippen LogP contribution in [0.2, 0.25) is 0 Å². The molecule has 3 rings (SSSR count). The number of alkyl halides is 6. The van der Waals surface area contributed by atoms with Gasteiger partial charge >= 0.3 is 12.4 Å². The lowest BCUT2D eigenvalue weighted by molar-refractivity contribution is -0.152. The van der Waals surface area contributed by atoms with Crippen LogP contribution < -0.4 is 4.72 Å². The number of aromatic nitrogens is 1. The first-order chi connectivity index (χ1) is 16.7. The summed E-state index contributed by atoms with van der Waals surface area (Å²) in [6, 6.07) is 3.44. The normalized spacial score (nSPS) is 14.5. The highest BCUT2D eigenvalue weighted by Crippen LogP contribution is 2.43. The Labute approximate surface area is 210 Å². The van der Waals surface area contributed by atoms with Crippen molar-refractivity contribution >= 4 is 20.9 Å². The third-order valence-electron chi connectivity index (χ3n) is 5.71. The summed E-state index contributed by atoms with van der Waals surface area (Å²) < 4.78 is 126. The van der Waals surface area contributed by atoms with Crippen LogP contribution in [0.3, 0.4) is 0 Å². The van der Waals surface area contributed by atoms with Crippen molar-refractivity contribution < 1.29 is 39.2 Å². The Morgan fingerprint density at radius 1 is 0.946 bits per heavy atom. The Balaban J connectivity index is 2.36. The predicted molar refractivity (Wildman–Crippen MR) is 128 cm³/mol. The van der Waals surface area contributed by atoms with Crippen LogP contribution in [0.1, 0.15) is 51.8 Å². The molecule has 1 aromatic heterocycles. The molecular formula is C25H27F7N2O2S. The number of hydrogen-bond donors (Lipinski definition) is 1. The van der Waals surface area contributed by atoms with E-state index in [1.165, 1.54) is 24.5 Å². The molecule has 12 heteroatoms. The van der Waals surface area contributed by atoms with E-state index in [4.69, 9.17) is 0 Å². The molecule has 3 aromatic rings. The maximum absolute atomic E-state index is 15.3. The zero-order valence-electron chi connectivity index (χ0n) is 20.7. The van der Waals surface area contributed by atoms with Crippen LogP contribution in [0.15, 0.2) is 42.6 Å². The van der Waals surface area contributed by atoms with E-state index >= 15 is 4.39 Å². The summed E-state index contributed by atoms with van der Waals surface area (Å²) in [4.78, 5) is 0. The smallest absolute Gasteiger partial charge is 0.347 e. The highest BCUT2D eigenvalue weighted by atomic mass is 32.2. The molecule has 204 valence electrons. The second-order valence-electron chi connectivity index (χ2n) is 10.4. The number of sulfonamides is 1. The zero-order valence-corrected chi connectivity index (χ0v) is 21.5. The van der Waals surface area contributed by atoms with Crippen LogP contribution in [0.4, 0.5) is 30.7 Å². The van der Waals surface area contributed by atoms with Gasteiger partial charge in [0.15, 0.2) is 0 Å². The molecule has 4 nitrogen and oxygen atoms in total. The number of halogens is 7. The van der Waals surface area contributed by atoms with Crippen molar-refractivity contribution in [2.24, 2.45) is 5.41 Å². The maximum atomic E-state index is 15.3. The summed E-state index contributed by atoms with van der Waals surface area (Å²) >= 11 is 0. The molecule has 0 bridgehead atoms. The van der Waals surface area contributed by atoms with E-state index in [9.17, 15) is 34.8 Å². The van der Waals surface area contributed by atoms with Crippen molar-refractivity contribution in [3.63, 3.8) is 0 Å². The van der Waals surface area contributed by atoms with Crippen LogP contribution in [0.25, 0.3) is 22.0 Å². The van der Waals surface area contributed by atoms with Gasteiger partial charge in [-0.3, -0.25) is 0 Å². The van der Waals surface area contributed by atoms with Crippen LogP contribution in [0.5, 0.6) is 0 Å². The van der Waals surface area contributed by atoms with E-state index < -0.39 is 67.2 Å². The minimum absolute atomic E-state index is 0.0382. The number of fused-ring (bicyclic) bond motifs is 1. The topological polar surface area (TPSA) is 51.1 Å². The highest BCUT2D eigenvalue weighted by Gasteiger charge is 2.45. The maximum Gasteiger partial charge on any atom is 0.417 e. The molecule has 1 N–H and O–H groups in total. The molecule has 1 heterocycles. The van der Waals surface area contributed by atoms with Gasteiger partial charge in [0.2, 0.25) is 10.0 Å². The predicted octanol–water partition coefficient (Wildman–Crippen LogP) is 7.44. The fourth-order valence-corrected chi connectivity index (χ4v) is 4.85. The lowest BCUT2D eigenvalue weighted by Gasteiger charge is -2.23. The molecule has 0 aliphatic carbocycles. The van der Waals surface area contributed by atoms with Gasteiger partial charge in [0, 0.05) is 34.8 Å². The van der Waals surface area contributed by atoms with Gasteiger partial charge in [-0.2, -0.15) is 31.1 Å². The molecule has 1 atom stereocenters. The first-order valence-corrected chi connectivity index (χ1v) is 12.8.